The lowest BCUT2D eigenvalue weighted by Gasteiger charge is -2.08. The first-order valence-corrected chi connectivity index (χ1v) is 11.4. The quantitative estimate of drug-likeness (QED) is 0.204. The van der Waals surface area contributed by atoms with Crippen LogP contribution in [0.1, 0.15) is 15.9 Å². The molecule has 0 heterocycles. The third-order valence-electron chi connectivity index (χ3n) is 3.75. The Balaban J connectivity index is 1.78. The lowest BCUT2D eigenvalue weighted by atomic mass is 10.2. The summed E-state index contributed by atoms with van der Waals surface area (Å²) in [5, 5.41) is 4.69. The molecule has 0 fully saturated rings. The second-order valence-electron chi connectivity index (χ2n) is 5.89. The van der Waals surface area contributed by atoms with Gasteiger partial charge in [0.05, 0.1) is 16.7 Å². The first-order valence-electron chi connectivity index (χ1n) is 8.32. The van der Waals surface area contributed by atoms with Gasteiger partial charge in [-0.25, -0.2) is 9.63 Å². The summed E-state index contributed by atoms with van der Waals surface area (Å²) < 4.78 is 30.7. The van der Waals surface area contributed by atoms with Crippen LogP contribution in [-0.4, -0.2) is 20.6 Å². The van der Waals surface area contributed by atoms with Gasteiger partial charge in [0.25, 0.3) is 10.0 Å². The molecule has 6 nitrogen and oxygen atoms in total. The fourth-order valence-corrected chi connectivity index (χ4v) is 3.71. The summed E-state index contributed by atoms with van der Waals surface area (Å²) >= 11 is 14.9. The Morgan fingerprint density at radius 1 is 0.967 bits per heavy atom. The molecule has 0 unspecified atom stereocenters. The number of sulfonamides is 1. The SMILES string of the molecule is O=C(Oc1ccc(Br)cc1/C=N\NS(=O)(=O)c1ccc(Cl)cc1)c1ccc(Cl)cc1. The third kappa shape index (κ3) is 5.82. The largest absolute Gasteiger partial charge is 0.422 e. The zero-order valence-corrected chi connectivity index (χ0v) is 19.0. The average Bonchev–Trinajstić information content (AvgIpc) is 2.70. The number of benzene rings is 3. The number of hydrogen-bond acceptors (Lipinski definition) is 5. The highest BCUT2D eigenvalue weighted by molar-refractivity contribution is 9.10. The van der Waals surface area contributed by atoms with Gasteiger partial charge < -0.3 is 4.74 Å². The lowest BCUT2D eigenvalue weighted by Crippen LogP contribution is -2.18. The van der Waals surface area contributed by atoms with Crippen LogP contribution < -0.4 is 9.57 Å². The van der Waals surface area contributed by atoms with Crippen molar-refractivity contribution in [3.8, 4) is 5.75 Å². The van der Waals surface area contributed by atoms with E-state index in [9.17, 15) is 13.2 Å². The molecular weight excluding hydrogens is 515 g/mol. The molecule has 0 saturated carbocycles. The molecular formula is C20H13BrCl2N2O4S. The maximum absolute atomic E-state index is 12.4. The van der Waals surface area contributed by atoms with E-state index in [0.717, 1.165) is 0 Å². The normalized spacial score (nSPS) is 11.4. The van der Waals surface area contributed by atoms with Gasteiger partial charge in [0.15, 0.2) is 0 Å². The minimum Gasteiger partial charge on any atom is -0.422 e. The zero-order valence-electron chi connectivity index (χ0n) is 15.1. The molecule has 0 amide bonds. The van der Waals surface area contributed by atoms with Gasteiger partial charge in [0.1, 0.15) is 5.75 Å². The number of carbonyl (C=O) groups excluding carboxylic acids is 1. The van der Waals surface area contributed by atoms with Crippen LogP contribution >= 0.6 is 39.1 Å². The van der Waals surface area contributed by atoms with Gasteiger partial charge in [-0.15, -0.1) is 0 Å². The number of hydrogen-bond donors (Lipinski definition) is 1. The van der Waals surface area contributed by atoms with Crippen molar-refractivity contribution < 1.29 is 17.9 Å². The summed E-state index contributed by atoms with van der Waals surface area (Å²) in [6.07, 6.45) is 1.24. The molecule has 3 rings (SSSR count). The zero-order chi connectivity index (χ0) is 21.7. The topological polar surface area (TPSA) is 84.8 Å². The van der Waals surface area contributed by atoms with E-state index < -0.39 is 16.0 Å². The van der Waals surface area contributed by atoms with Crippen LogP contribution in [0.25, 0.3) is 0 Å². The van der Waals surface area contributed by atoms with Crippen molar-refractivity contribution in [2.45, 2.75) is 4.90 Å². The number of ether oxygens (including phenoxy) is 1. The van der Waals surface area contributed by atoms with Crippen LogP contribution in [0, 0.1) is 0 Å². The number of halogens is 3. The number of nitrogens with one attached hydrogen (secondary N) is 1. The lowest BCUT2D eigenvalue weighted by molar-refractivity contribution is 0.0734. The molecule has 0 radical (unpaired) electrons. The van der Waals surface area contributed by atoms with Gasteiger partial charge in [-0.1, -0.05) is 39.1 Å². The number of carbonyl (C=O) groups is 1. The van der Waals surface area contributed by atoms with Crippen LogP contribution in [0.4, 0.5) is 0 Å². The highest BCUT2D eigenvalue weighted by Crippen LogP contribution is 2.23. The van der Waals surface area contributed by atoms with Crippen LogP contribution in [0.2, 0.25) is 10.0 Å². The van der Waals surface area contributed by atoms with E-state index in [2.05, 4.69) is 25.9 Å². The molecule has 30 heavy (non-hydrogen) atoms. The Morgan fingerprint density at radius 3 is 2.20 bits per heavy atom. The minimum absolute atomic E-state index is 0.00711. The highest BCUT2D eigenvalue weighted by Gasteiger charge is 2.14. The van der Waals surface area contributed by atoms with Crippen LogP contribution in [0.15, 0.2) is 81.2 Å². The average molecular weight is 528 g/mol. The van der Waals surface area contributed by atoms with Crippen molar-refractivity contribution in [2.75, 3.05) is 0 Å². The number of hydrazone groups is 1. The predicted octanol–water partition coefficient (Wildman–Crippen LogP) is 5.29. The van der Waals surface area contributed by atoms with Crippen molar-refractivity contribution >= 4 is 61.3 Å². The summed E-state index contributed by atoms with van der Waals surface area (Å²) in [4.78, 5) is 14.5. The first-order chi connectivity index (χ1) is 14.2. The number of rotatable bonds is 6. The molecule has 0 aliphatic rings. The van der Waals surface area contributed by atoms with Gasteiger partial charge in [0.2, 0.25) is 0 Å². The summed E-state index contributed by atoms with van der Waals surface area (Å²) in [6.45, 7) is 0. The Kier molecular flexibility index (Phi) is 7.14. The molecule has 0 aliphatic carbocycles. The molecule has 0 aromatic heterocycles. The molecule has 3 aromatic carbocycles. The van der Waals surface area contributed by atoms with Gasteiger partial charge in [-0.2, -0.15) is 13.5 Å². The fourth-order valence-electron chi connectivity index (χ4n) is 2.29. The molecule has 154 valence electrons. The standard InChI is InChI=1S/C20H13BrCl2N2O4S/c21-15-3-10-19(29-20(26)13-1-4-16(22)5-2-13)14(11-15)12-24-25-30(27,28)18-8-6-17(23)7-9-18/h1-12,25H/b24-12-. The third-order valence-corrected chi connectivity index (χ3v) is 5.99. The van der Waals surface area contributed by atoms with E-state index in [1.807, 2.05) is 0 Å². The van der Waals surface area contributed by atoms with E-state index in [-0.39, 0.29) is 10.6 Å². The van der Waals surface area contributed by atoms with Gasteiger partial charge in [-0.3, -0.25) is 0 Å². The molecule has 0 atom stereocenters. The van der Waals surface area contributed by atoms with E-state index >= 15 is 0 Å². The smallest absolute Gasteiger partial charge is 0.343 e. The maximum atomic E-state index is 12.4. The van der Waals surface area contributed by atoms with Crippen molar-refractivity contribution in [3.63, 3.8) is 0 Å². The molecule has 0 aliphatic heterocycles. The Morgan fingerprint density at radius 2 is 1.57 bits per heavy atom. The van der Waals surface area contributed by atoms with Gasteiger partial charge in [-0.05, 0) is 66.7 Å². The molecule has 10 heteroatoms. The van der Waals surface area contributed by atoms with Crippen LogP contribution in [-0.2, 0) is 10.0 Å². The van der Waals surface area contributed by atoms with Crippen molar-refractivity contribution in [3.05, 3.63) is 92.4 Å². The van der Waals surface area contributed by atoms with Gasteiger partial charge in [0, 0.05) is 20.1 Å². The maximum Gasteiger partial charge on any atom is 0.343 e. The van der Waals surface area contributed by atoms with Crippen LogP contribution in [0.5, 0.6) is 5.75 Å². The van der Waals surface area contributed by atoms with E-state index in [1.54, 1.807) is 30.3 Å². The molecule has 3 aromatic rings. The molecule has 1 N–H and O–H groups in total. The summed E-state index contributed by atoms with van der Waals surface area (Å²) in [5.74, 6) is -0.391. The Labute approximate surface area is 191 Å². The molecule has 0 spiro atoms. The van der Waals surface area contributed by atoms with E-state index in [4.69, 9.17) is 27.9 Å². The second kappa shape index (κ2) is 9.61. The highest BCUT2D eigenvalue weighted by atomic mass is 79.9. The van der Waals surface area contributed by atoms with Gasteiger partial charge >= 0.3 is 5.97 Å². The molecule has 0 saturated heterocycles. The monoisotopic (exact) mass is 526 g/mol. The van der Waals surface area contributed by atoms with Crippen molar-refractivity contribution in [1.29, 1.82) is 0 Å². The second-order valence-corrected chi connectivity index (χ2v) is 9.33. The van der Waals surface area contributed by atoms with Crippen molar-refractivity contribution in [2.24, 2.45) is 5.10 Å². The number of esters is 1. The predicted molar refractivity (Wildman–Crippen MR) is 120 cm³/mol. The van der Waals surface area contributed by atoms with E-state index in [0.29, 0.717) is 25.6 Å². The minimum atomic E-state index is -3.88. The summed E-state index contributed by atoms with van der Waals surface area (Å²) in [7, 11) is -3.88. The molecule has 0 bridgehead atoms. The summed E-state index contributed by atoms with van der Waals surface area (Å²) in [6, 6.07) is 16.7. The number of nitrogens with zero attached hydrogens (tertiary/aromatic N) is 1. The Bertz CT molecular complexity index is 1200. The fraction of sp³-hybridized carbons (Fsp3) is 0. The first kappa shape index (κ1) is 22.3. The van der Waals surface area contributed by atoms with E-state index in [1.165, 1.54) is 42.6 Å². The summed E-state index contributed by atoms with van der Waals surface area (Å²) in [5.41, 5.74) is 0.694. The van der Waals surface area contributed by atoms with Crippen molar-refractivity contribution in [1.82, 2.24) is 4.83 Å². The Hall–Kier alpha value is -2.39. The van der Waals surface area contributed by atoms with Crippen LogP contribution in [0.3, 0.4) is 0 Å².